The maximum absolute atomic E-state index is 12.0. The van der Waals surface area contributed by atoms with E-state index in [0.29, 0.717) is 11.2 Å². The number of hydrogen-bond donors (Lipinski definition) is 1. The highest BCUT2D eigenvalue weighted by Gasteiger charge is 2.14. The fourth-order valence-corrected chi connectivity index (χ4v) is 3.11. The molecular weight excluding hydrogens is 424 g/mol. The Labute approximate surface area is 142 Å². The Hall–Kier alpha value is -1.12. The van der Waals surface area contributed by atoms with Gasteiger partial charge in [0.05, 0.1) is 10.3 Å². The number of furan rings is 1. The fourth-order valence-electron chi connectivity index (χ4n) is 1.61. The van der Waals surface area contributed by atoms with Gasteiger partial charge in [-0.05, 0) is 61.0 Å². The van der Waals surface area contributed by atoms with E-state index in [1.54, 1.807) is 29.4 Å². The Morgan fingerprint density at radius 3 is 2.71 bits per heavy atom. The summed E-state index contributed by atoms with van der Waals surface area (Å²) < 4.78 is 6.61. The maximum Gasteiger partial charge on any atom is 0.287 e. The van der Waals surface area contributed by atoms with Gasteiger partial charge >= 0.3 is 0 Å². The number of carbonyl (C=O) groups is 2. The molecule has 0 unspecified atom stereocenters. The van der Waals surface area contributed by atoms with E-state index in [1.165, 1.54) is 6.07 Å². The monoisotopic (exact) mass is 434 g/mol. The Morgan fingerprint density at radius 2 is 2.14 bits per heavy atom. The molecule has 0 atom stereocenters. The van der Waals surface area contributed by atoms with E-state index in [-0.39, 0.29) is 18.2 Å². The predicted molar refractivity (Wildman–Crippen MR) is 87.2 cm³/mol. The molecule has 0 bridgehead atoms. The Morgan fingerprint density at radius 1 is 1.38 bits per heavy atom. The van der Waals surface area contributed by atoms with Crippen LogP contribution in [0.1, 0.15) is 16.1 Å². The van der Waals surface area contributed by atoms with Crippen molar-refractivity contribution in [2.75, 3.05) is 13.6 Å². The van der Waals surface area contributed by atoms with Crippen molar-refractivity contribution >= 4 is 55.0 Å². The van der Waals surface area contributed by atoms with Gasteiger partial charge in [-0.25, -0.2) is 0 Å². The zero-order valence-electron chi connectivity index (χ0n) is 11.1. The smallest absolute Gasteiger partial charge is 0.287 e. The lowest BCUT2D eigenvalue weighted by Gasteiger charge is -2.16. The van der Waals surface area contributed by atoms with Crippen LogP contribution in [0, 0.1) is 0 Å². The van der Waals surface area contributed by atoms with Crippen LogP contribution < -0.4 is 5.32 Å². The highest BCUT2D eigenvalue weighted by atomic mass is 79.9. The van der Waals surface area contributed by atoms with E-state index >= 15 is 0 Å². The zero-order valence-corrected chi connectivity index (χ0v) is 15.0. The largest absolute Gasteiger partial charge is 0.444 e. The van der Waals surface area contributed by atoms with Crippen molar-refractivity contribution in [1.29, 1.82) is 0 Å². The Kier molecular flexibility index (Phi) is 5.60. The summed E-state index contributed by atoms with van der Waals surface area (Å²) in [5.41, 5.74) is 1.05. The molecule has 2 aromatic heterocycles. The third-order valence-electron chi connectivity index (χ3n) is 2.66. The highest BCUT2D eigenvalue weighted by molar-refractivity contribution is 9.11. The first-order valence-electron chi connectivity index (χ1n) is 5.96. The number of nitrogens with one attached hydrogen (secondary N) is 1. The van der Waals surface area contributed by atoms with E-state index in [9.17, 15) is 9.59 Å². The summed E-state index contributed by atoms with van der Waals surface area (Å²) >= 11 is 8.07. The van der Waals surface area contributed by atoms with Crippen molar-refractivity contribution < 1.29 is 14.0 Å². The topological polar surface area (TPSA) is 62.6 Å². The Bertz CT molecular complexity index is 653. The quantitative estimate of drug-likeness (QED) is 0.783. The summed E-state index contributed by atoms with van der Waals surface area (Å²) in [5.74, 6) is -0.420. The van der Waals surface area contributed by atoms with Crippen molar-refractivity contribution in [3.8, 4) is 0 Å². The van der Waals surface area contributed by atoms with Gasteiger partial charge in [0.25, 0.3) is 5.91 Å². The molecule has 2 rings (SSSR count). The Balaban J connectivity index is 1.82. The van der Waals surface area contributed by atoms with Crippen LogP contribution in [-0.2, 0) is 11.3 Å². The lowest BCUT2D eigenvalue weighted by Crippen LogP contribution is -2.37. The first-order valence-corrected chi connectivity index (χ1v) is 8.42. The van der Waals surface area contributed by atoms with E-state index in [2.05, 4.69) is 37.2 Å². The molecule has 5 nitrogen and oxygen atoms in total. The number of likely N-dealkylation sites (N-methyl/N-ethyl adjacent to an activating group) is 1. The van der Waals surface area contributed by atoms with Crippen LogP contribution in [0.15, 0.2) is 36.5 Å². The number of nitrogens with zero attached hydrogens (tertiary/aromatic N) is 1. The molecule has 2 aromatic rings. The molecule has 0 aliphatic heterocycles. The van der Waals surface area contributed by atoms with Crippen LogP contribution in [0.25, 0.3) is 0 Å². The molecule has 21 heavy (non-hydrogen) atoms. The van der Waals surface area contributed by atoms with Crippen LogP contribution in [0.5, 0.6) is 0 Å². The van der Waals surface area contributed by atoms with Crippen molar-refractivity contribution in [3.63, 3.8) is 0 Å². The van der Waals surface area contributed by atoms with Crippen LogP contribution in [0.4, 0.5) is 0 Å². The third kappa shape index (κ3) is 4.69. The average molecular weight is 436 g/mol. The summed E-state index contributed by atoms with van der Waals surface area (Å²) in [7, 11) is 1.70. The van der Waals surface area contributed by atoms with Crippen molar-refractivity contribution in [3.05, 3.63) is 43.4 Å². The van der Waals surface area contributed by atoms with Crippen LogP contribution in [-0.4, -0.2) is 30.3 Å². The molecule has 0 aromatic carbocycles. The standard InChI is InChI=1S/C13H12Br2N2O3S/c1-17(6-8-4-11(15)21-7-8)12(18)5-16-13(19)9-2-3-10(14)20-9/h2-4,7H,5-6H2,1H3,(H,16,19). The lowest BCUT2D eigenvalue weighted by molar-refractivity contribution is -0.129. The van der Waals surface area contributed by atoms with Gasteiger partial charge in [0, 0.05) is 13.6 Å². The maximum atomic E-state index is 12.0. The summed E-state index contributed by atoms with van der Waals surface area (Å²) in [6, 6.07) is 5.13. The normalized spacial score (nSPS) is 10.4. The summed E-state index contributed by atoms with van der Waals surface area (Å²) in [6.45, 7) is 0.433. The van der Waals surface area contributed by atoms with Gasteiger partial charge in [0.1, 0.15) is 0 Å². The van der Waals surface area contributed by atoms with Crippen LogP contribution in [0.3, 0.4) is 0 Å². The van der Waals surface area contributed by atoms with Gasteiger partial charge in [-0.3, -0.25) is 9.59 Å². The molecule has 1 N–H and O–H groups in total. The van der Waals surface area contributed by atoms with Gasteiger partial charge in [-0.1, -0.05) is 0 Å². The van der Waals surface area contributed by atoms with Crippen molar-refractivity contribution in [2.45, 2.75) is 6.54 Å². The second-order valence-electron chi connectivity index (χ2n) is 4.30. The third-order valence-corrected chi connectivity index (χ3v) is 4.64. The minimum atomic E-state index is -0.416. The molecule has 0 saturated heterocycles. The molecule has 2 heterocycles. The fraction of sp³-hybridized carbons (Fsp3) is 0.231. The SMILES string of the molecule is CN(Cc1csc(Br)c1)C(=O)CNC(=O)c1ccc(Br)o1. The molecule has 0 radical (unpaired) electrons. The molecule has 0 spiro atoms. The minimum Gasteiger partial charge on any atom is -0.444 e. The molecule has 2 amide bonds. The molecule has 0 aliphatic rings. The first-order chi connectivity index (χ1) is 9.95. The molecule has 0 fully saturated rings. The van der Waals surface area contributed by atoms with Gasteiger partial charge in [0.15, 0.2) is 10.4 Å². The van der Waals surface area contributed by atoms with Gasteiger partial charge in [-0.15, -0.1) is 11.3 Å². The van der Waals surface area contributed by atoms with Gasteiger partial charge in [0.2, 0.25) is 5.91 Å². The second kappa shape index (κ2) is 7.24. The number of rotatable bonds is 5. The summed E-state index contributed by atoms with van der Waals surface area (Å²) in [4.78, 5) is 25.3. The second-order valence-corrected chi connectivity index (χ2v) is 7.37. The molecular formula is C13H12Br2N2O3S. The van der Waals surface area contributed by atoms with Crippen LogP contribution in [0.2, 0.25) is 0 Å². The predicted octanol–water partition coefficient (Wildman–Crippen LogP) is 3.25. The number of hydrogen-bond acceptors (Lipinski definition) is 4. The van der Waals surface area contributed by atoms with E-state index in [4.69, 9.17) is 4.42 Å². The highest BCUT2D eigenvalue weighted by Crippen LogP contribution is 2.21. The summed E-state index contributed by atoms with van der Waals surface area (Å²) in [6.07, 6.45) is 0. The zero-order chi connectivity index (χ0) is 15.4. The van der Waals surface area contributed by atoms with E-state index in [0.717, 1.165) is 9.35 Å². The number of thiophene rings is 1. The van der Waals surface area contributed by atoms with Crippen molar-refractivity contribution in [1.82, 2.24) is 10.2 Å². The number of carbonyl (C=O) groups excluding carboxylic acids is 2. The average Bonchev–Trinajstić information content (AvgIpc) is 3.04. The molecule has 0 saturated carbocycles. The van der Waals surface area contributed by atoms with E-state index < -0.39 is 5.91 Å². The summed E-state index contributed by atoms with van der Waals surface area (Å²) in [5, 5.41) is 4.51. The number of halogens is 2. The molecule has 8 heteroatoms. The van der Waals surface area contributed by atoms with E-state index in [1.807, 2.05) is 11.4 Å². The molecule has 0 aliphatic carbocycles. The molecule has 112 valence electrons. The van der Waals surface area contributed by atoms with Crippen molar-refractivity contribution in [2.24, 2.45) is 0 Å². The number of amides is 2. The lowest BCUT2D eigenvalue weighted by atomic mass is 10.3. The first kappa shape index (κ1) is 16.3. The van der Waals surface area contributed by atoms with Gasteiger partial charge in [-0.2, -0.15) is 0 Å². The minimum absolute atomic E-state index is 0.0705. The van der Waals surface area contributed by atoms with Crippen LogP contribution >= 0.6 is 43.2 Å². The van der Waals surface area contributed by atoms with Gasteiger partial charge < -0.3 is 14.6 Å².